The average molecular weight is 401 g/mol. The van der Waals surface area contributed by atoms with E-state index in [1.54, 1.807) is 0 Å². The molecule has 3 rings (SSSR count). The van der Waals surface area contributed by atoms with Gasteiger partial charge in [-0.2, -0.15) is 0 Å². The summed E-state index contributed by atoms with van der Waals surface area (Å²) in [6.07, 6.45) is 0. The van der Waals surface area contributed by atoms with Crippen LogP contribution in [0, 0.1) is 0 Å². The smallest absolute Gasteiger partial charge is 0.159 e. The molecule has 25 heavy (non-hydrogen) atoms. The molecule has 140 valence electrons. The lowest BCUT2D eigenvalue weighted by Gasteiger charge is -2.25. The van der Waals surface area contributed by atoms with Crippen LogP contribution in [0.4, 0.5) is 0 Å². The zero-order chi connectivity index (χ0) is 17.6. The predicted molar refractivity (Wildman–Crippen MR) is 116 cm³/mol. The second-order valence-corrected chi connectivity index (χ2v) is 10.8. The molecule has 3 aliphatic heterocycles. The van der Waals surface area contributed by atoms with Gasteiger partial charge >= 0.3 is 0 Å². The molecule has 0 aliphatic carbocycles. The normalized spacial score (nSPS) is 28.6. The number of amidine groups is 3. The fourth-order valence-electron chi connectivity index (χ4n) is 2.68. The van der Waals surface area contributed by atoms with Crippen molar-refractivity contribution < 1.29 is 0 Å². The second-order valence-electron chi connectivity index (χ2n) is 6.54. The Bertz CT molecular complexity index is 516. The van der Waals surface area contributed by atoms with E-state index in [9.17, 15) is 0 Å². The summed E-state index contributed by atoms with van der Waals surface area (Å²) in [6.45, 7) is 13.2. The van der Waals surface area contributed by atoms with Crippen molar-refractivity contribution in [3.05, 3.63) is 0 Å². The zero-order valence-electron chi connectivity index (χ0n) is 15.2. The van der Waals surface area contributed by atoms with Gasteiger partial charge in [0.05, 0.1) is 19.6 Å². The molecule has 0 radical (unpaired) electrons. The van der Waals surface area contributed by atoms with Gasteiger partial charge in [0.25, 0.3) is 0 Å². The summed E-state index contributed by atoms with van der Waals surface area (Å²) in [7, 11) is 0. The first kappa shape index (κ1) is 19.2. The largest absolute Gasteiger partial charge is 0.363 e. The minimum absolute atomic E-state index is 0.588. The Balaban J connectivity index is 1.44. The van der Waals surface area contributed by atoms with E-state index in [0.29, 0.717) is 15.7 Å². The number of thioether (sulfide) groups is 3. The maximum Gasteiger partial charge on any atom is 0.159 e. The first-order valence-corrected chi connectivity index (χ1v) is 11.6. The maximum absolute atomic E-state index is 4.72. The molecule has 0 aromatic heterocycles. The molecule has 9 heteroatoms. The van der Waals surface area contributed by atoms with Crippen molar-refractivity contribution in [1.29, 1.82) is 0 Å². The molecule has 0 aromatic carbocycles. The van der Waals surface area contributed by atoms with Gasteiger partial charge in [0.2, 0.25) is 0 Å². The molecule has 6 nitrogen and oxygen atoms in total. The van der Waals surface area contributed by atoms with E-state index in [4.69, 9.17) is 4.99 Å². The maximum atomic E-state index is 4.72. The summed E-state index contributed by atoms with van der Waals surface area (Å²) in [5.74, 6) is 0. The average Bonchev–Trinajstić information content (AvgIpc) is 3.29. The van der Waals surface area contributed by atoms with Crippen molar-refractivity contribution in [3.63, 3.8) is 0 Å². The number of hydrogen-bond donors (Lipinski definition) is 2. The summed E-state index contributed by atoms with van der Waals surface area (Å²) in [6, 6.07) is 0. The highest BCUT2D eigenvalue weighted by atomic mass is 32.2. The molecule has 0 saturated carbocycles. The monoisotopic (exact) mass is 400 g/mol. The Morgan fingerprint density at radius 3 is 1.68 bits per heavy atom. The van der Waals surface area contributed by atoms with E-state index < -0.39 is 0 Å². The molecule has 0 amide bonds. The topological polar surface area (TPSA) is 64.4 Å². The van der Waals surface area contributed by atoms with Gasteiger partial charge in [-0.3, -0.25) is 15.0 Å². The SMILES string of the molecule is CC1CN=C(NCCN(CCNC2=NCC(C)S2)C2=NCC(C)S2)S1. The van der Waals surface area contributed by atoms with Crippen LogP contribution in [-0.4, -0.2) is 82.0 Å². The minimum atomic E-state index is 0.588. The van der Waals surface area contributed by atoms with Crippen LogP contribution in [0.15, 0.2) is 15.0 Å². The van der Waals surface area contributed by atoms with Crippen LogP contribution in [0.1, 0.15) is 20.8 Å². The number of rotatable bonds is 6. The number of hydrogen-bond acceptors (Lipinski definition) is 9. The number of nitrogens with one attached hydrogen (secondary N) is 2. The quantitative estimate of drug-likeness (QED) is 0.710. The molecule has 3 heterocycles. The molecular weight excluding hydrogens is 372 g/mol. The highest BCUT2D eigenvalue weighted by molar-refractivity contribution is 8.15. The molecule has 0 bridgehead atoms. The van der Waals surface area contributed by atoms with Gasteiger partial charge < -0.3 is 15.5 Å². The lowest BCUT2D eigenvalue weighted by atomic mass is 10.4. The van der Waals surface area contributed by atoms with Crippen LogP contribution in [0.5, 0.6) is 0 Å². The van der Waals surface area contributed by atoms with Gasteiger partial charge in [0.1, 0.15) is 0 Å². The lowest BCUT2D eigenvalue weighted by Crippen LogP contribution is -2.40. The van der Waals surface area contributed by atoms with Crippen LogP contribution in [-0.2, 0) is 0 Å². The van der Waals surface area contributed by atoms with E-state index in [2.05, 4.69) is 46.3 Å². The Morgan fingerprint density at radius 1 is 0.800 bits per heavy atom. The number of nitrogens with zero attached hydrogens (tertiary/aromatic N) is 4. The fraction of sp³-hybridized carbons (Fsp3) is 0.812. The Hall–Kier alpha value is -0.540. The van der Waals surface area contributed by atoms with Crippen LogP contribution in [0.3, 0.4) is 0 Å². The fourth-order valence-corrected chi connectivity index (χ4v) is 5.40. The van der Waals surface area contributed by atoms with Crippen LogP contribution < -0.4 is 10.6 Å². The van der Waals surface area contributed by atoms with Crippen LogP contribution >= 0.6 is 35.3 Å². The molecule has 2 N–H and O–H groups in total. The van der Waals surface area contributed by atoms with E-state index in [0.717, 1.165) is 56.1 Å². The number of aliphatic imine (C=N–C) groups is 3. The van der Waals surface area contributed by atoms with Crippen molar-refractivity contribution in [2.75, 3.05) is 45.8 Å². The van der Waals surface area contributed by atoms with Crippen molar-refractivity contribution in [2.24, 2.45) is 15.0 Å². The summed E-state index contributed by atoms with van der Waals surface area (Å²) in [5.41, 5.74) is 0. The van der Waals surface area contributed by atoms with Gasteiger partial charge in [-0.1, -0.05) is 56.1 Å². The van der Waals surface area contributed by atoms with Gasteiger partial charge in [-0.25, -0.2) is 0 Å². The van der Waals surface area contributed by atoms with Gasteiger partial charge in [0, 0.05) is 41.9 Å². The van der Waals surface area contributed by atoms with E-state index in [1.807, 2.05) is 35.3 Å². The third-order valence-corrected chi connectivity index (χ3v) is 7.23. The summed E-state index contributed by atoms with van der Waals surface area (Å²) in [5, 5.41) is 12.1. The third-order valence-electron chi connectivity index (χ3n) is 3.99. The highest BCUT2D eigenvalue weighted by Crippen LogP contribution is 2.23. The molecule has 0 fully saturated rings. The van der Waals surface area contributed by atoms with Gasteiger partial charge in [-0.15, -0.1) is 0 Å². The summed E-state index contributed by atoms with van der Waals surface area (Å²) >= 11 is 5.57. The molecule has 3 atom stereocenters. The Kier molecular flexibility index (Phi) is 7.24. The molecule has 0 aromatic rings. The molecule has 0 spiro atoms. The van der Waals surface area contributed by atoms with Crippen molar-refractivity contribution >= 4 is 50.8 Å². The molecule has 0 saturated heterocycles. The second kappa shape index (κ2) is 9.41. The highest BCUT2D eigenvalue weighted by Gasteiger charge is 2.22. The molecular formula is C16H28N6S3. The van der Waals surface area contributed by atoms with Crippen molar-refractivity contribution in [2.45, 2.75) is 36.5 Å². The predicted octanol–water partition coefficient (Wildman–Crippen LogP) is 1.94. The van der Waals surface area contributed by atoms with E-state index in [-0.39, 0.29) is 0 Å². The van der Waals surface area contributed by atoms with Crippen LogP contribution in [0.2, 0.25) is 0 Å². The van der Waals surface area contributed by atoms with Crippen molar-refractivity contribution in [3.8, 4) is 0 Å². The first-order chi connectivity index (χ1) is 12.1. The van der Waals surface area contributed by atoms with Gasteiger partial charge in [-0.05, 0) is 0 Å². The summed E-state index contributed by atoms with van der Waals surface area (Å²) < 4.78 is 0. The van der Waals surface area contributed by atoms with Gasteiger partial charge in [0.15, 0.2) is 15.5 Å². The third kappa shape index (κ3) is 5.99. The minimum Gasteiger partial charge on any atom is -0.363 e. The van der Waals surface area contributed by atoms with E-state index in [1.165, 1.54) is 5.17 Å². The van der Waals surface area contributed by atoms with E-state index >= 15 is 0 Å². The zero-order valence-corrected chi connectivity index (χ0v) is 17.6. The molecule has 3 aliphatic rings. The Labute approximate surface area is 163 Å². The van der Waals surface area contributed by atoms with Crippen molar-refractivity contribution in [1.82, 2.24) is 15.5 Å². The summed E-state index contributed by atoms with van der Waals surface area (Å²) in [4.78, 5) is 16.2. The Morgan fingerprint density at radius 2 is 1.28 bits per heavy atom. The van der Waals surface area contributed by atoms with Crippen LogP contribution in [0.25, 0.3) is 0 Å². The standard InChI is InChI=1S/C16H28N6S3/c1-11-8-19-14(23-11)17-4-6-22(16-21-10-13(3)25-16)7-5-18-15-20-9-12(2)24-15/h11-13H,4-10H2,1-3H3,(H,17,19)(H,18,20). The first-order valence-electron chi connectivity index (χ1n) is 8.96. The molecule has 3 unspecified atom stereocenters. The lowest BCUT2D eigenvalue weighted by molar-refractivity contribution is 0.432.